The van der Waals surface area contributed by atoms with Crippen molar-refractivity contribution in [1.29, 1.82) is 0 Å². The van der Waals surface area contributed by atoms with Crippen molar-refractivity contribution >= 4 is 17.2 Å². The number of nitrogens with zero attached hydrogens (tertiary/aromatic N) is 4. The predicted molar refractivity (Wildman–Crippen MR) is 106 cm³/mol. The average Bonchev–Trinajstić information content (AvgIpc) is 3.38. The molecule has 140 valence electrons. The molecule has 7 nitrogen and oxygen atoms in total. The van der Waals surface area contributed by atoms with Crippen molar-refractivity contribution in [3.8, 4) is 22.0 Å². The van der Waals surface area contributed by atoms with Gasteiger partial charge >= 0.3 is 0 Å². The topological polar surface area (TPSA) is 86.8 Å². The van der Waals surface area contributed by atoms with Crippen molar-refractivity contribution in [2.75, 3.05) is 19.6 Å². The molecule has 1 fully saturated rings. The van der Waals surface area contributed by atoms with Crippen LogP contribution in [0.15, 0.2) is 36.0 Å². The van der Waals surface area contributed by atoms with Crippen molar-refractivity contribution < 1.29 is 4.79 Å². The number of hydrogen-bond donors (Lipinski definition) is 2. The summed E-state index contributed by atoms with van der Waals surface area (Å²) in [5.41, 5.74) is 2.92. The summed E-state index contributed by atoms with van der Waals surface area (Å²) in [6.07, 6.45) is 5.44. The third-order valence-corrected chi connectivity index (χ3v) is 5.77. The summed E-state index contributed by atoms with van der Waals surface area (Å²) in [5, 5.41) is 12.8. The van der Waals surface area contributed by atoms with Gasteiger partial charge in [-0.3, -0.25) is 14.9 Å². The summed E-state index contributed by atoms with van der Waals surface area (Å²) < 4.78 is 0. The van der Waals surface area contributed by atoms with Crippen LogP contribution >= 0.6 is 11.3 Å². The number of pyridine rings is 1. The molecule has 1 saturated heterocycles. The highest BCUT2D eigenvalue weighted by Crippen LogP contribution is 2.31. The molecule has 0 unspecified atom stereocenters. The summed E-state index contributed by atoms with van der Waals surface area (Å²) in [4.78, 5) is 23.9. The van der Waals surface area contributed by atoms with Gasteiger partial charge in [-0.2, -0.15) is 5.10 Å². The summed E-state index contributed by atoms with van der Waals surface area (Å²) in [6, 6.07) is 5.94. The van der Waals surface area contributed by atoms with E-state index in [1.807, 2.05) is 18.2 Å². The highest BCUT2D eigenvalue weighted by molar-refractivity contribution is 7.13. The minimum absolute atomic E-state index is 0.102. The number of carbonyl (C=O) groups excluding carboxylic acids is 1. The highest BCUT2D eigenvalue weighted by atomic mass is 32.1. The maximum atomic E-state index is 12.6. The lowest BCUT2D eigenvalue weighted by atomic mass is 10.1. The molecule has 0 aromatic carbocycles. The van der Waals surface area contributed by atoms with Gasteiger partial charge in [0, 0.05) is 30.7 Å². The Hall–Kier alpha value is -2.58. The largest absolute Gasteiger partial charge is 0.348 e. The molecule has 1 aliphatic heterocycles. The molecule has 0 aliphatic carbocycles. The molecule has 4 heterocycles. The molecule has 3 aromatic heterocycles. The van der Waals surface area contributed by atoms with Crippen LogP contribution in [0.1, 0.15) is 30.3 Å². The number of aromatic amines is 1. The van der Waals surface area contributed by atoms with Gasteiger partial charge in [0.15, 0.2) is 0 Å². The van der Waals surface area contributed by atoms with Crippen LogP contribution in [0.5, 0.6) is 0 Å². The first-order valence-electron chi connectivity index (χ1n) is 9.18. The lowest BCUT2D eigenvalue weighted by Gasteiger charge is -2.31. The fourth-order valence-corrected chi connectivity index (χ4v) is 4.12. The highest BCUT2D eigenvalue weighted by Gasteiger charge is 2.22. The van der Waals surface area contributed by atoms with E-state index >= 15 is 0 Å². The summed E-state index contributed by atoms with van der Waals surface area (Å²) in [5.74, 6) is -0.102. The van der Waals surface area contributed by atoms with E-state index in [1.54, 1.807) is 17.8 Å². The number of likely N-dealkylation sites (tertiary alicyclic amines) is 1. The first kappa shape index (κ1) is 17.8. The van der Waals surface area contributed by atoms with Crippen LogP contribution in [0.25, 0.3) is 22.0 Å². The Kier molecular flexibility index (Phi) is 5.26. The number of piperidine rings is 1. The van der Waals surface area contributed by atoms with Gasteiger partial charge in [-0.25, -0.2) is 4.98 Å². The van der Waals surface area contributed by atoms with Crippen molar-refractivity contribution in [1.82, 2.24) is 30.4 Å². The predicted octanol–water partition coefficient (Wildman–Crippen LogP) is 2.81. The fraction of sp³-hybridized carbons (Fsp3) is 0.368. The molecule has 0 bridgehead atoms. The van der Waals surface area contributed by atoms with Crippen molar-refractivity contribution in [3.05, 3.63) is 41.7 Å². The van der Waals surface area contributed by atoms with Crippen LogP contribution in [-0.4, -0.2) is 56.6 Å². The zero-order chi connectivity index (χ0) is 18.6. The minimum Gasteiger partial charge on any atom is -0.348 e. The monoisotopic (exact) mass is 382 g/mol. The second kappa shape index (κ2) is 7.98. The third-order valence-electron chi connectivity index (χ3n) is 4.90. The molecule has 0 atom stereocenters. The Balaban J connectivity index is 1.47. The normalized spacial score (nSPS) is 15.7. The molecule has 0 spiro atoms. The Labute approximate surface area is 161 Å². The molecule has 0 saturated carbocycles. The third kappa shape index (κ3) is 3.91. The molecule has 1 amide bonds. The molecule has 0 radical (unpaired) electrons. The van der Waals surface area contributed by atoms with E-state index in [0.29, 0.717) is 5.69 Å². The Morgan fingerprint density at radius 3 is 2.96 bits per heavy atom. The van der Waals surface area contributed by atoms with E-state index in [-0.39, 0.29) is 11.9 Å². The summed E-state index contributed by atoms with van der Waals surface area (Å²) in [7, 11) is 0. The Bertz CT molecular complexity index is 898. The maximum absolute atomic E-state index is 12.6. The Morgan fingerprint density at radius 1 is 1.37 bits per heavy atom. The second-order valence-corrected chi connectivity index (χ2v) is 7.45. The molecule has 1 aliphatic rings. The number of carbonyl (C=O) groups is 1. The lowest BCUT2D eigenvalue weighted by Crippen LogP contribution is -2.44. The molecule has 3 aromatic rings. The van der Waals surface area contributed by atoms with Crippen molar-refractivity contribution in [2.24, 2.45) is 0 Å². The fourth-order valence-electron chi connectivity index (χ4n) is 3.31. The van der Waals surface area contributed by atoms with Gasteiger partial charge in [-0.15, -0.1) is 11.3 Å². The number of hydrogen-bond acceptors (Lipinski definition) is 6. The van der Waals surface area contributed by atoms with Gasteiger partial charge in [0.2, 0.25) is 0 Å². The van der Waals surface area contributed by atoms with Crippen LogP contribution in [0.3, 0.4) is 0 Å². The molecular weight excluding hydrogens is 360 g/mol. The van der Waals surface area contributed by atoms with Crippen molar-refractivity contribution in [3.63, 3.8) is 0 Å². The van der Waals surface area contributed by atoms with Gasteiger partial charge in [0.1, 0.15) is 10.7 Å². The van der Waals surface area contributed by atoms with Gasteiger partial charge in [0.05, 0.1) is 23.1 Å². The summed E-state index contributed by atoms with van der Waals surface area (Å²) >= 11 is 1.44. The lowest BCUT2D eigenvalue weighted by molar-refractivity contribution is 0.0908. The van der Waals surface area contributed by atoms with Gasteiger partial charge in [-0.05, 0) is 31.5 Å². The van der Waals surface area contributed by atoms with Crippen LogP contribution < -0.4 is 5.32 Å². The maximum Gasteiger partial charge on any atom is 0.270 e. The standard InChI is InChI=1S/C19H22N6OS/c1-2-25-9-6-13(7-10-25)22-18(26)16-12-27-19(23-16)14-11-21-24-17(14)15-5-3-4-8-20-15/h3-5,8,11-13H,2,6-7,9-10H2,1H3,(H,21,24)(H,22,26). The van der Waals surface area contributed by atoms with Crippen LogP contribution in [0.2, 0.25) is 0 Å². The zero-order valence-corrected chi connectivity index (χ0v) is 16.0. The van der Waals surface area contributed by atoms with Crippen LogP contribution in [0.4, 0.5) is 0 Å². The number of aromatic nitrogens is 4. The number of thiazole rings is 1. The number of rotatable bonds is 5. The molecule has 27 heavy (non-hydrogen) atoms. The first-order chi connectivity index (χ1) is 13.2. The Morgan fingerprint density at radius 2 is 2.22 bits per heavy atom. The minimum atomic E-state index is -0.102. The number of H-pyrrole nitrogens is 1. The average molecular weight is 382 g/mol. The molecule has 8 heteroatoms. The second-order valence-electron chi connectivity index (χ2n) is 6.59. The quantitative estimate of drug-likeness (QED) is 0.709. The van der Waals surface area contributed by atoms with Crippen molar-refractivity contribution in [2.45, 2.75) is 25.8 Å². The zero-order valence-electron chi connectivity index (χ0n) is 15.2. The molecular formula is C19H22N6OS. The SMILES string of the molecule is CCN1CCC(NC(=O)c2csc(-c3cn[nH]c3-c3ccccn3)n2)CC1. The van der Waals surface area contributed by atoms with Gasteiger partial charge in [-0.1, -0.05) is 13.0 Å². The van der Waals surface area contributed by atoms with E-state index in [2.05, 4.69) is 37.3 Å². The number of amides is 1. The smallest absolute Gasteiger partial charge is 0.270 e. The first-order valence-corrected chi connectivity index (χ1v) is 10.1. The van der Waals surface area contributed by atoms with Crippen LogP contribution in [0, 0.1) is 0 Å². The van der Waals surface area contributed by atoms with E-state index in [1.165, 1.54) is 11.3 Å². The van der Waals surface area contributed by atoms with Gasteiger partial charge in [0.25, 0.3) is 5.91 Å². The summed E-state index contributed by atoms with van der Waals surface area (Å²) in [6.45, 7) is 5.31. The molecule has 2 N–H and O–H groups in total. The van der Waals surface area contributed by atoms with E-state index < -0.39 is 0 Å². The molecule has 4 rings (SSSR count). The number of nitrogens with one attached hydrogen (secondary N) is 2. The van der Waals surface area contributed by atoms with Crippen LogP contribution in [-0.2, 0) is 0 Å². The van der Waals surface area contributed by atoms with E-state index in [0.717, 1.165) is 54.4 Å². The van der Waals surface area contributed by atoms with E-state index in [9.17, 15) is 4.79 Å². The van der Waals surface area contributed by atoms with Gasteiger partial charge < -0.3 is 10.2 Å². The van der Waals surface area contributed by atoms with E-state index in [4.69, 9.17) is 0 Å².